The van der Waals surface area contributed by atoms with Crippen molar-refractivity contribution in [1.29, 1.82) is 0 Å². The van der Waals surface area contributed by atoms with E-state index < -0.39 is 11.3 Å². The van der Waals surface area contributed by atoms with Crippen molar-refractivity contribution in [2.45, 2.75) is 5.91 Å². The highest BCUT2D eigenvalue weighted by Gasteiger charge is 2.64. The van der Waals surface area contributed by atoms with Crippen LogP contribution in [0.1, 0.15) is 36.6 Å². The minimum Gasteiger partial charge on any atom is -0.328 e. The van der Waals surface area contributed by atoms with E-state index in [9.17, 15) is 14.4 Å². The van der Waals surface area contributed by atoms with Crippen molar-refractivity contribution in [2.75, 3.05) is 26.3 Å². The molecule has 2 bridgehead atoms. The summed E-state index contributed by atoms with van der Waals surface area (Å²) in [6, 6.07) is 14.1. The van der Waals surface area contributed by atoms with Gasteiger partial charge in [0.1, 0.15) is 0 Å². The summed E-state index contributed by atoms with van der Waals surface area (Å²) in [5.41, 5.74) is 1.47. The number of ether oxygens (including phenoxy) is 2. The van der Waals surface area contributed by atoms with Crippen LogP contribution in [-0.4, -0.2) is 53.8 Å². The van der Waals surface area contributed by atoms with Gasteiger partial charge in [0.2, 0.25) is 0 Å². The summed E-state index contributed by atoms with van der Waals surface area (Å²) in [7, 11) is 0. The van der Waals surface area contributed by atoms with Gasteiger partial charge in [0.05, 0.1) is 35.3 Å². The molecule has 0 saturated carbocycles. The molecular formula is C21H16N2O5. The molecule has 2 aromatic carbocycles. The molecule has 7 rings (SSSR count). The Morgan fingerprint density at radius 1 is 0.786 bits per heavy atom. The lowest BCUT2D eigenvalue weighted by atomic mass is 9.84. The molecule has 140 valence electrons. The summed E-state index contributed by atoms with van der Waals surface area (Å²) in [6.45, 7) is 1.13. The molecule has 3 amide bonds. The molecule has 0 N–H and O–H groups in total. The lowest BCUT2D eigenvalue weighted by Crippen LogP contribution is -2.68. The maximum Gasteiger partial charge on any atom is 0.283 e. The summed E-state index contributed by atoms with van der Waals surface area (Å²) >= 11 is 0. The van der Waals surface area contributed by atoms with Gasteiger partial charge in [-0.3, -0.25) is 24.2 Å². The van der Waals surface area contributed by atoms with E-state index in [1.807, 2.05) is 18.2 Å². The van der Waals surface area contributed by atoms with Crippen LogP contribution < -0.4 is 0 Å². The Labute approximate surface area is 160 Å². The predicted octanol–water partition coefficient (Wildman–Crippen LogP) is 1.60. The summed E-state index contributed by atoms with van der Waals surface area (Å²) in [6.07, 6.45) is 0. The number of benzene rings is 2. The molecule has 0 aliphatic carbocycles. The van der Waals surface area contributed by atoms with Gasteiger partial charge in [-0.25, -0.2) is 0 Å². The minimum absolute atomic E-state index is 0.148. The monoisotopic (exact) mass is 376 g/mol. The number of carbonyl (C=O) groups excluding carboxylic acids is 3. The summed E-state index contributed by atoms with van der Waals surface area (Å²) < 4.78 is 12.2. The molecule has 0 unspecified atom stereocenters. The van der Waals surface area contributed by atoms with E-state index in [0.717, 1.165) is 0 Å². The van der Waals surface area contributed by atoms with Crippen LogP contribution in [0.25, 0.3) is 0 Å². The number of amides is 3. The molecule has 5 heterocycles. The number of carbonyl (C=O) groups is 3. The lowest BCUT2D eigenvalue weighted by Gasteiger charge is -2.56. The zero-order chi connectivity index (χ0) is 19.1. The highest BCUT2D eigenvalue weighted by atomic mass is 16.7. The second-order valence-electron chi connectivity index (χ2n) is 7.84. The first kappa shape index (κ1) is 16.0. The van der Waals surface area contributed by atoms with Crippen molar-refractivity contribution < 1.29 is 23.9 Å². The average molecular weight is 376 g/mol. The van der Waals surface area contributed by atoms with Crippen LogP contribution in [0.5, 0.6) is 0 Å². The Hall–Kier alpha value is -3.03. The minimum atomic E-state index is -1.18. The molecule has 5 aliphatic heterocycles. The topological polar surface area (TPSA) is 76.1 Å². The van der Waals surface area contributed by atoms with Gasteiger partial charge < -0.3 is 9.47 Å². The maximum absolute atomic E-state index is 12.9. The zero-order valence-electron chi connectivity index (χ0n) is 14.9. The van der Waals surface area contributed by atoms with Crippen LogP contribution in [-0.2, 0) is 15.4 Å². The van der Waals surface area contributed by atoms with Crippen molar-refractivity contribution in [2.24, 2.45) is 5.41 Å². The Balaban J connectivity index is 1.33. The van der Waals surface area contributed by atoms with E-state index in [1.165, 1.54) is 4.90 Å². The third kappa shape index (κ3) is 1.78. The SMILES string of the molecule is O=C1c2ccccc2C(=O)N1CC12COC3(OC1)c1ccccc1C(=O)N3C2. The van der Waals surface area contributed by atoms with Crippen molar-refractivity contribution in [3.05, 3.63) is 70.8 Å². The van der Waals surface area contributed by atoms with Gasteiger partial charge in [-0.15, -0.1) is 0 Å². The third-order valence-corrected chi connectivity index (χ3v) is 6.11. The smallest absolute Gasteiger partial charge is 0.283 e. The van der Waals surface area contributed by atoms with Gasteiger partial charge in [0, 0.05) is 18.7 Å². The fourth-order valence-corrected chi connectivity index (χ4v) is 4.73. The molecule has 0 aromatic heterocycles. The first-order chi connectivity index (χ1) is 13.5. The average Bonchev–Trinajstić information content (AvgIpc) is 3.13. The van der Waals surface area contributed by atoms with E-state index in [0.29, 0.717) is 42.0 Å². The van der Waals surface area contributed by atoms with Gasteiger partial charge in [-0.1, -0.05) is 30.3 Å². The fourth-order valence-electron chi connectivity index (χ4n) is 4.73. The normalized spacial score (nSPS) is 29.9. The van der Waals surface area contributed by atoms with E-state index in [-0.39, 0.29) is 24.3 Å². The highest BCUT2D eigenvalue weighted by Crippen LogP contribution is 2.51. The van der Waals surface area contributed by atoms with Crippen molar-refractivity contribution >= 4 is 17.7 Å². The molecular weight excluding hydrogens is 360 g/mol. The van der Waals surface area contributed by atoms with Crippen LogP contribution in [0.2, 0.25) is 0 Å². The van der Waals surface area contributed by atoms with E-state index >= 15 is 0 Å². The lowest BCUT2D eigenvalue weighted by molar-refractivity contribution is -0.401. The van der Waals surface area contributed by atoms with Crippen molar-refractivity contribution in [3.8, 4) is 0 Å². The van der Waals surface area contributed by atoms with Crippen molar-refractivity contribution in [1.82, 2.24) is 9.80 Å². The Morgan fingerprint density at radius 3 is 2.00 bits per heavy atom. The molecule has 7 heteroatoms. The van der Waals surface area contributed by atoms with Crippen LogP contribution in [0.4, 0.5) is 0 Å². The third-order valence-electron chi connectivity index (χ3n) is 6.11. The Kier molecular flexibility index (Phi) is 2.89. The van der Waals surface area contributed by atoms with Gasteiger partial charge >= 0.3 is 0 Å². The highest BCUT2D eigenvalue weighted by molar-refractivity contribution is 6.21. The summed E-state index contributed by atoms with van der Waals surface area (Å²) in [5.74, 6) is -1.96. The quantitative estimate of drug-likeness (QED) is 0.744. The standard InChI is InChI=1S/C21H16N2O5/c24-17-13-5-1-2-6-14(13)18(25)22(17)9-20-10-23-19(26)15-7-3-4-8-16(15)21(23,27-11-20)28-12-20/h1-8H,9-12H2. The molecule has 1 spiro atoms. The maximum atomic E-state index is 12.9. The van der Waals surface area contributed by atoms with Crippen LogP contribution in [0, 0.1) is 5.41 Å². The predicted molar refractivity (Wildman–Crippen MR) is 95.3 cm³/mol. The molecule has 7 nitrogen and oxygen atoms in total. The first-order valence-corrected chi connectivity index (χ1v) is 9.19. The summed E-state index contributed by atoms with van der Waals surface area (Å²) in [5, 5.41) is 0. The fraction of sp³-hybridized carbons (Fsp3) is 0.286. The number of imide groups is 1. The molecule has 5 aliphatic rings. The number of rotatable bonds is 2. The van der Waals surface area contributed by atoms with Gasteiger partial charge in [0.15, 0.2) is 0 Å². The van der Waals surface area contributed by atoms with Crippen LogP contribution in [0.3, 0.4) is 0 Å². The van der Waals surface area contributed by atoms with Gasteiger partial charge in [-0.05, 0) is 18.2 Å². The van der Waals surface area contributed by atoms with Crippen LogP contribution >= 0.6 is 0 Å². The second-order valence-corrected chi connectivity index (χ2v) is 7.84. The molecule has 0 atom stereocenters. The van der Waals surface area contributed by atoms with E-state index in [4.69, 9.17) is 9.47 Å². The molecule has 2 aromatic rings. The Morgan fingerprint density at radius 2 is 1.36 bits per heavy atom. The molecule has 0 radical (unpaired) electrons. The van der Waals surface area contributed by atoms with Crippen LogP contribution in [0.15, 0.2) is 48.5 Å². The number of nitrogens with zero attached hydrogens (tertiary/aromatic N) is 2. The zero-order valence-corrected chi connectivity index (χ0v) is 14.9. The van der Waals surface area contributed by atoms with Gasteiger partial charge in [-0.2, -0.15) is 0 Å². The largest absolute Gasteiger partial charge is 0.328 e. The van der Waals surface area contributed by atoms with E-state index in [2.05, 4.69) is 0 Å². The van der Waals surface area contributed by atoms with Gasteiger partial charge in [0.25, 0.3) is 23.6 Å². The molecule has 28 heavy (non-hydrogen) atoms. The number of hydrogen-bond acceptors (Lipinski definition) is 5. The summed E-state index contributed by atoms with van der Waals surface area (Å²) in [4.78, 5) is 41.3. The van der Waals surface area contributed by atoms with Crippen molar-refractivity contribution in [3.63, 3.8) is 0 Å². The molecule has 3 fully saturated rings. The number of hydrogen-bond donors (Lipinski definition) is 0. The number of fused-ring (bicyclic) bond motifs is 4. The second kappa shape index (κ2) is 5.06. The van der Waals surface area contributed by atoms with E-state index in [1.54, 1.807) is 35.2 Å². The Bertz CT molecular complexity index is 1030. The molecule has 3 saturated heterocycles. The first-order valence-electron chi connectivity index (χ1n) is 9.19.